The number of nitrogens with zero attached hydrogens (tertiary/aromatic N) is 1. The Balaban J connectivity index is 2.39. The first-order chi connectivity index (χ1) is 8.16. The third-order valence-electron chi connectivity index (χ3n) is 2.77. The second-order valence-corrected chi connectivity index (χ2v) is 3.84. The molecule has 17 heavy (non-hydrogen) atoms. The molecule has 86 valence electrons. The lowest BCUT2D eigenvalue weighted by Gasteiger charge is -2.06. The molecule has 0 aliphatic carbocycles. The smallest absolute Gasteiger partial charge is 0.336 e. The molecule has 0 amide bonds. The van der Waals surface area contributed by atoms with Gasteiger partial charge < -0.3 is 14.6 Å². The number of carboxylic acid groups (broad SMARTS) is 1. The number of benzene rings is 1. The first-order valence-electron chi connectivity index (χ1n) is 5.09. The lowest BCUT2D eigenvalue weighted by atomic mass is 10.0. The molecule has 0 bridgehead atoms. The molecule has 0 spiro atoms. The summed E-state index contributed by atoms with van der Waals surface area (Å²) in [5.41, 5.74) is 1.48. The predicted octanol–water partition coefficient (Wildman–Crippen LogP) is 1.97. The summed E-state index contributed by atoms with van der Waals surface area (Å²) >= 11 is 0. The molecule has 5 heteroatoms. The van der Waals surface area contributed by atoms with E-state index in [1.807, 2.05) is 0 Å². The quantitative estimate of drug-likeness (QED) is 0.812. The van der Waals surface area contributed by atoms with Gasteiger partial charge in [-0.1, -0.05) is 0 Å². The fourth-order valence-corrected chi connectivity index (χ4v) is 1.97. The van der Waals surface area contributed by atoms with Gasteiger partial charge in [0.25, 0.3) is 0 Å². The molecule has 2 aromatic rings. The summed E-state index contributed by atoms with van der Waals surface area (Å²) in [5, 5.41) is 9.78. The van der Waals surface area contributed by atoms with Crippen LogP contribution in [0.1, 0.15) is 15.9 Å². The van der Waals surface area contributed by atoms with Gasteiger partial charge in [0, 0.05) is 17.6 Å². The number of aromatic carboxylic acids is 1. The highest BCUT2D eigenvalue weighted by Gasteiger charge is 2.19. The summed E-state index contributed by atoms with van der Waals surface area (Å²) < 4.78 is 10.5. The number of carbonyl (C=O) groups is 1. The maximum Gasteiger partial charge on any atom is 0.336 e. The van der Waals surface area contributed by atoms with Crippen LogP contribution in [0.4, 0.5) is 0 Å². The Morgan fingerprint density at radius 1 is 1.35 bits per heavy atom. The number of fused-ring (bicyclic) bond motifs is 2. The normalized spacial score (nSPS) is 13.0. The molecule has 5 nitrogen and oxygen atoms in total. The molecule has 0 fully saturated rings. The van der Waals surface area contributed by atoms with Gasteiger partial charge in [-0.25, -0.2) is 4.79 Å². The maximum absolute atomic E-state index is 11.2. The number of hydrogen-bond acceptors (Lipinski definition) is 4. The highest BCUT2D eigenvalue weighted by atomic mass is 16.7. The van der Waals surface area contributed by atoms with E-state index in [0.29, 0.717) is 28.0 Å². The van der Waals surface area contributed by atoms with Crippen LogP contribution in [0.3, 0.4) is 0 Å². The molecule has 2 heterocycles. The van der Waals surface area contributed by atoms with Gasteiger partial charge in [0.05, 0.1) is 11.1 Å². The third-order valence-corrected chi connectivity index (χ3v) is 2.77. The molecule has 1 aliphatic rings. The average molecular weight is 231 g/mol. The summed E-state index contributed by atoms with van der Waals surface area (Å²) in [6, 6.07) is 3.37. The minimum atomic E-state index is -0.964. The average Bonchev–Trinajstić information content (AvgIpc) is 2.72. The SMILES string of the molecule is Cc1cnc2cc3c(cc2c1C(=O)O)OCO3. The first-order valence-corrected chi connectivity index (χ1v) is 5.09. The van der Waals surface area contributed by atoms with Crippen LogP contribution in [0.25, 0.3) is 10.9 Å². The van der Waals surface area contributed by atoms with Crippen molar-refractivity contribution in [1.82, 2.24) is 4.98 Å². The molecular formula is C12H9NO4. The maximum atomic E-state index is 11.2. The monoisotopic (exact) mass is 231 g/mol. The van der Waals surface area contributed by atoms with Gasteiger partial charge in [-0.2, -0.15) is 0 Å². The van der Waals surface area contributed by atoms with Crippen LogP contribution in [0.2, 0.25) is 0 Å². The Bertz CT molecular complexity index is 636. The predicted molar refractivity (Wildman–Crippen MR) is 59.6 cm³/mol. The topological polar surface area (TPSA) is 68.7 Å². The van der Waals surface area contributed by atoms with E-state index < -0.39 is 5.97 Å². The number of rotatable bonds is 1. The highest BCUT2D eigenvalue weighted by Crippen LogP contribution is 2.36. The van der Waals surface area contributed by atoms with Crippen LogP contribution in [-0.4, -0.2) is 22.9 Å². The molecule has 1 aromatic carbocycles. The van der Waals surface area contributed by atoms with Crippen molar-refractivity contribution in [1.29, 1.82) is 0 Å². The van der Waals surface area contributed by atoms with Crippen molar-refractivity contribution >= 4 is 16.9 Å². The van der Waals surface area contributed by atoms with Gasteiger partial charge in [0.1, 0.15) is 0 Å². The van der Waals surface area contributed by atoms with E-state index >= 15 is 0 Å². The van der Waals surface area contributed by atoms with E-state index in [-0.39, 0.29) is 12.4 Å². The number of ether oxygens (including phenoxy) is 2. The van der Waals surface area contributed by atoms with Gasteiger partial charge >= 0.3 is 5.97 Å². The van der Waals surface area contributed by atoms with Gasteiger partial charge in [0.15, 0.2) is 11.5 Å². The summed E-state index contributed by atoms with van der Waals surface area (Å²) in [5.74, 6) is 0.200. The Hall–Kier alpha value is -2.30. The lowest BCUT2D eigenvalue weighted by molar-refractivity contribution is 0.0698. The van der Waals surface area contributed by atoms with E-state index in [9.17, 15) is 9.90 Å². The van der Waals surface area contributed by atoms with Gasteiger partial charge in [-0.05, 0) is 18.6 Å². The van der Waals surface area contributed by atoms with Crippen LogP contribution >= 0.6 is 0 Å². The van der Waals surface area contributed by atoms with Crippen molar-refractivity contribution in [2.24, 2.45) is 0 Å². The highest BCUT2D eigenvalue weighted by molar-refractivity contribution is 6.04. The number of aryl methyl sites for hydroxylation is 1. The van der Waals surface area contributed by atoms with Crippen LogP contribution in [0, 0.1) is 6.92 Å². The van der Waals surface area contributed by atoms with Crippen molar-refractivity contribution in [3.63, 3.8) is 0 Å². The van der Waals surface area contributed by atoms with E-state index in [1.165, 1.54) is 0 Å². The minimum absolute atomic E-state index is 0.160. The van der Waals surface area contributed by atoms with Crippen molar-refractivity contribution < 1.29 is 19.4 Å². The van der Waals surface area contributed by atoms with Crippen molar-refractivity contribution in [2.75, 3.05) is 6.79 Å². The van der Waals surface area contributed by atoms with Gasteiger partial charge in [0.2, 0.25) is 6.79 Å². The van der Waals surface area contributed by atoms with E-state index in [2.05, 4.69) is 4.98 Å². The lowest BCUT2D eigenvalue weighted by Crippen LogP contribution is -2.02. The molecule has 0 saturated carbocycles. The zero-order chi connectivity index (χ0) is 12.0. The van der Waals surface area contributed by atoms with Crippen LogP contribution in [0.5, 0.6) is 11.5 Å². The van der Waals surface area contributed by atoms with Crippen LogP contribution < -0.4 is 9.47 Å². The zero-order valence-electron chi connectivity index (χ0n) is 9.06. The van der Waals surface area contributed by atoms with Crippen molar-refractivity contribution in [3.8, 4) is 11.5 Å². The number of hydrogen-bond donors (Lipinski definition) is 1. The van der Waals surface area contributed by atoms with Gasteiger partial charge in [-0.3, -0.25) is 4.98 Å². The summed E-state index contributed by atoms with van der Waals surface area (Å²) in [6.45, 7) is 1.88. The molecule has 0 unspecified atom stereocenters. The molecule has 1 aromatic heterocycles. The van der Waals surface area contributed by atoms with E-state index in [0.717, 1.165) is 0 Å². The van der Waals surface area contributed by atoms with Crippen molar-refractivity contribution in [2.45, 2.75) is 6.92 Å². The molecule has 0 radical (unpaired) electrons. The largest absolute Gasteiger partial charge is 0.478 e. The minimum Gasteiger partial charge on any atom is -0.478 e. The van der Waals surface area contributed by atoms with Crippen LogP contribution in [-0.2, 0) is 0 Å². The molecular weight excluding hydrogens is 222 g/mol. The Labute approximate surface area is 96.6 Å². The standard InChI is InChI=1S/C12H9NO4/c1-6-4-13-8-3-10-9(16-5-17-10)2-7(8)11(6)12(14)15/h2-4H,5H2,1H3,(H,14,15). The summed E-state index contributed by atoms with van der Waals surface area (Å²) in [7, 11) is 0. The molecule has 0 saturated heterocycles. The Morgan fingerprint density at radius 3 is 2.76 bits per heavy atom. The second-order valence-electron chi connectivity index (χ2n) is 3.84. The third kappa shape index (κ3) is 1.39. The fraction of sp³-hybridized carbons (Fsp3) is 0.167. The molecule has 3 rings (SSSR count). The molecule has 0 atom stereocenters. The summed E-state index contributed by atoms with van der Waals surface area (Å²) in [4.78, 5) is 15.4. The summed E-state index contributed by atoms with van der Waals surface area (Å²) in [6.07, 6.45) is 1.55. The van der Waals surface area contributed by atoms with E-state index in [1.54, 1.807) is 25.3 Å². The van der Waals surface area contributed by atoms with Crippen LogP contribution in [0.15, 0.2) is 18.3 Å². The first kappa shape index (κ1) is 9.89. The number of aromatic nitrogens is 1. The molecule has 1 N–H and O–H groups in total. The number of carboxylic acids is 1. The zero-order valence-corrected chi connectivity index (χ0v) is 9.06. The van der Waals surface area contributed by atoms with Crippen molar-refractivity contribution in [3.05, 3.63) is 29.5 Å². The molecule has 1 aliphatic heterocycles. The second kappa shape index (κ2) is 3.35. The Kier molecular flexibility index (Phi) is 1.95. The number of pyridine rings is 1. The fourth-order valence-electron chi connectivity index (χ4n) is 1.97. The van der Waals surface area contributed by atoms with Gasteiger partial charge in [-0.15, -0.1) is 0 Å². The van der Waals surface area contributed by atoms with E-state index in [4.69, 9.17) is 9.47 Å². The Morgan fingerprint density at radius 2 is 2.06 bits per heavy atom.